The molecule has 2 aromatic rings. The molecule has 2 amide bonds. The summed E-state index contributed by atoms with van der Waals surface area (Å²) in [5.41, 5.74) is 0.774. The second-order valence-electron chi connectivity index (χ2n) is 8.41. The summed E-state index contributed by atoms with van der Waals surface area (Å²) in [6.07, 6.45) is 1.38. The quantitative estimate of drug-likeness (QED) is 0.799. The molecule has 1 aromatic carbocycles. The first-order valence-corrected chi connectivity index (χ1v) is 10.3. The number of carbonyl (C=O) groups excluding carboxylic acids is 1. The van der Waals surface area contributed by atoms with Crippen LogP contribution in [-0.2, 0) is 6.18 Å². The van der Waals surface area contributed by atoms with E-state index in [1.165, 1.54) is 12.1 Å². The van der Waals surface area contributed by atoms with Crippen LogP contribution in [0.5, 0.6) is 0 Å². The number of urea groups is 1. The summed E-state index contributed by atoms with van der Waals surface area (Å²) in [5, 5.41) is 2.81. The average molecular weight is 416 g/mol. The summed E-state index contributed by atoms with van der Waals surface area (Å²) in [7, 11) is 0. The molecule has 3 atom stereocenters. The van der Waals surface area contributed by atoms with Crippen molar-refractivity contribution in [1.29, 1.82) is 0 Å². The summed E-state index contributed by atoms with van der Waals surface area (Å²) in [6.45, 7) is 2.69. The van der Waals surface area contributed by atoms with Gasteiger partial charge < -0.3 is 10.2 Å². The van der Waals surface area contributed by atoms with Gasteiger partial charge in [-0.15, -0.1) is 0 Å². The Morgan fingerprint density at radius 1 is 1.07 bits per heavy atom. The van der Waals surface area contributed by atoms with Gasteiger partial charge in [0.2, 0.25) is 0 Å². The molecule has 8 heteroatoms. The molecule has 1 aromatic heterocycles. The Balaban J connectivity index is 1.39. The third-order valence-electron chi connectivity index (χ3n) is 6.83. The molecular weight excluding hydrogens is 393 g/mol. The highest BCUT2D eigenvalue weighted by Crippen LogP contribution is 2.46. The van der Waals surface area contributed by atoms with Crippen LogP contribution >= 0.6 is 0 Å². The molecule has 5 nitrogen and oxygen atoms in total. The van der Waals surface area contributed by atoms with E-state index >= 15 is 0 Å². The van der Waals surface area contributed by atoms with E-state index in [-0.39, 0.29) is 24.0 Å². The summed E-state index contributed by atoms with van der Waals surface area (Å²) in [4.78, 5) is 21.8. The van der Waals surface area contributed by atoms with E-state index in [2.05, 4.69) is 21.3 Å². The molecule has 4 saturated heterocycles. The van der Waals surface area contributed by atoms with Gasteiger partial charge in [-0.1, -0.05) is 6.07 Å². The van der Waals surface area contributed by atoms with E-state index in [9.17, 15) is 18.0 Å². The van der Waals surface area contributed by atoms with Crippen molar-refractivity contribution in [3.8, 4) is 0 Å². The number of alkyl halides is 3. The summed E-state index contributed by atoms with van der Waals surface area (Å²) in [5.74, 6) is 0.644. The molecule has 0 spiro atoms. The lowest BCUT2D eigenvalue weighted by Crippen LogP contribution is -2.61. The van der Waals surface area contributed by atoms with Gasteiger partial charge >= 0.3 is 12.2 Å². The highest BCUT2D eigenvalue weighted by molar-refractivity contribution is 5.90. The molecule has 3 unspecified atom stereocenters. The van der Waals surface area contributed by atoms with Gasteiger partial charge in [0, 0.05) is 36.6 Å². The van der Waals surface area contributed by atoms with Crippen LogP contribution in [0.15, 0.2) is 48.8 Å². The first-order valence-electron chi connectivity index (χ1n) is 10.3. The maximum Gasteiger partial charge on any atom is 0.416 e. The molecule has 0 saturated carbocycles. The number of anilines is 1. The van der Waals surface area contributed by atoms with Gasteiger partial charge in [0.05, 0.1) is 11.6 Å². The first-order chi connectivity index (χ1) is 14.4. The molecule has 4 fully saturated rings. The molecule has 5 heterocycles. The molecule has 1 N–H and O–H groups in total. The van der Waals surface area contributed by atoms with Crippen molar-refractivity contribution in [2.24, 2.45) is 5.92 Å². The fourth-order valence-electron chi connectivity index (χ4n) is 5.48. The summed E-state index contributed by atoms with van der Waals surface area (Å²) >= 11 is 0. The molecule has 6 rings (SSSR count). The van der Waals surface area contributed by atoms with Crippen LogP contribution in [0, 0.1) is 5.92 Å². The maximum atomic E-state index is 13.2. The van der Waals surface area contributed by atoms with Crippen molar-refractivity contribution in [3.63, 3.8) is 0 Å². The van der Waals surface area contributed by atoms with Crippen molar-refractivity contribution in [3.05, 3.63) is 59.9 Å². The van der Waals surface area contributed by atoms with Crippen molar-refractivity contribution in [2.45, 2.75) is 37.0 Å². The van der Waals surface area contributed by atoms with Gasteiger partial charge in [0.25, 0.3) is 0 Å². The number of hydrogen-bond acceptors (Lipinski definition) is 3. The Morgan fingerprint density at radius 3 is 2.43 bits per heavy atom. The maximum absolute atomic E-state index is 13.2. The van der Waals surface area contributed by atoms with E-state index in [0.29, 0.717) is 18.2 Å². The Morgan fingerprint density at radius 2 is 1.80 bits per heavy atom. The van der Waals surface area contributed by atoms with Crippen LogP contribution in [0.3, 0.4) is 0 Å². The van der Waals surface area contributed by atoms with Crippen molar-refractivity contribution >= 4 is 11.7 Å². The second-order valence-corrected chi connectivity index (χ2v) is 8.41. The van der Waals surface area contributed by atoms with Gasteiger partial charge in [0.1, 0.15) is 0 Å². The van der Waals surface area contributed by atoms with Crippen LogP contribution < -0.4 is 5.32 Å². The topological polar surface area (TPSA) is 48.5 Å². The van der Waals surface area contributed by atoms with Crippen LogP contribution in [0.1, 0.15) is 29.9 Å². The van der Waals surface area contributed by atoms with E-state index in [1.54, 1.807) is 6.20 Å². The van der Waals surface area contributed by atoms with E-state index < -0.39 is 11.7 Å². The largest absolute Gasteiger partial charge is 0.416 e. The molecule has 30 heavy (non-hydrogen) atoms. The van der Waals surface area contributed by atoms with E-state index in [1.807, 2.05) is 17.2 Å². The number of amides is 2. The zero-order chi connectivity index (χ0) is 20.9. The predicted molar refractivity (Wildman–Crippen MR) is 106 cm³/mol. The minimum atomic E-state index is -4.39. The van der Waals surface area contributed by atoms with E-state index in [0.717, 1.165) is 43.6 Å². The number of hydrogen-bond donors (Lipinski definition) is 1. The fourth-order valence-corrected chi connectivity index (χ4v) is 5.48. The molecule has 0 radical (unpaired) electrons. The first kappa shape index (κ1) is 19.4. The van der Waals surface area contributed by atoms with Gasteiger partial charge in [-0.2, -0.15) is 13.2 Å². The normalized spacial score (nSPS) is 30.2. The van der Waals surface area contributed by atoms with Crippen molar-refractivity contribution in [1.82, 2.24) is 14.8 Å². The minimum absolute atomic E-state index is 0.118. The Kier molecular flexibility index (Phi) is 4.69. The van der Waals surface area contributed by atoms with Gasteiger partial charge in [-0.3, -0.25) is 9.88 Å². The number of fused-ring (bicyclic) bond motifs is 2. The van der Waals surface area contributed by atoms with Gasteiger partial charge in [-0.25, -0.2) is 4.79 Å². The average Bonchev–Trinajstić information content (AvgIpc) is 3.18. The Hall–Kier alpha value is -2.61. The molecule has 4 aliphatic heterocycles. The van der Waals surface area contributed by atoms with Crippen LogP contribution in [-0.4, -0.2) is 52.5 Å². The summed E-state index contributed by atoms with van der Waals surface area (Å²) < 4.78 is 38.4. The SMILES string of the molecule is O=C(Nc1ccc(C(F)(F)F)cc1)N1CC(c2cccnc2)C2C1C1CCN2CC1. The lowest BCUT2D eigenvalue weighted by atomic mass is 9.75. The Bertz CT molecular complexity index is 910. The zero-order valence-electron chi connectivity index (χ0n) is 16.3. The predicted octanol–water partition coefficient (Wildman–Crippen LogP) is 4.19. The lowest BCUT2D eigenvalue weighted by Gasteiger charge is -2.51. The number of nitrogens with zero attached hydrogens (tertiary/aromatic N) is 3. The van der Waals surface area contributed by atoms with Crippen molar-refractivity contribution in [2.75, 3.05) is 25.0 Å². The number of aromatic nitrogens is 1. The summed E-state index contributed by atoms with van der Waals surface area (Å²) in [6, 6.07) is 8.73. The molecule has 0 aliphatic carbocycles. The number of nitrogens with one attached hydrogen (secondary N) is 1. The number of halogens is 3. The lowest BCUT2D eigenvalue weighted by molar-refractivity contribution is -0.137. The van der Waals surface area contributed by atoms with E-state index in [4.69, 9.17) is 0 Å². The minimum Gasteiger partial charge on any atom is -0.319 e. The third-order valence-corrected chi connectivity index (χ3v) is 6.83. The van der Waals surface area contributed by atoms with Crippen molar-refractivity contribution < 1.29 is 18.0 Å². The Labute approximate surface area is 172 Å². The third kappa shape index (κ3) is 3.33. The molecular formula is C22H23F3N4O. The van der Waals surface area contributed by atoms with Gasteiger partial charge in [0.15, 0.2) is 0 Å². The molecule has 4 aliphatic rings. The van der Waals surface area contributed by atoms with Crippen LogP contribution in [0.25, 0.3) is 0 Å². The molecule has 158 valence electrons. The number of benzene rings is 1. The fraction of sp³-hybridized carbons (Fsp3) is 0.455. The van der Waals surface area contributed by atoms with Crippen LogP contribution in [0.2, 0.25) is 0 Å². The zero-order valence-corrected chi connectivity index (χ0v) is 16.3. The highest BCUT2D eigenvalue weighted by atomic mass is 19.4. The number of piperidine rings is 3. The standard InChI is InChI=1S/C22H23F3N4O/c23-22(24,25)16-3-5-17(6-4-16)27-21(30)29-13-18(15-2-1-9-26-12-15)20-19(29)14-7-10-28(20)11-8-14/h1-6,9,12,14,18-20H,7-8,10-11,13H2,(H,27,30). The number of pyridine rings is 1. The smallest absolute Gasteiger partial charge is 0.319 e. The number of rotatable bonds is 2. The molecule has 2 bridgehead atoms. The monoisotopic (exact) mass is 416 g/mol. The van der Waals surface area contributed by atoms with Crippen LogP contribution in [0.4, 0.5) is 23.7 Å². The number of carbonyl (C=O) groups is 1. The van der Waals surface area contributed by atoms with Gasteiger partial charge in [-0.05, 0) is 67.7 Å². The number of likely N-dealkylation sites (tertiary alicyclic amines) is 1. The highest BCUT2D eigenvalue weighted by Gasteiger charge is 2.54. The second kappa shape index (κ2) is 7.27.